The van der Waals surface area contributed by atoms with E-state index in [0.29, 0.717) is 44.7 Å². The van der Waals surface area contributed by atoms with Gasteiger partial charge >= 0.3 is 12.1 Å². The average Bonchev–Trinajstić information content (AvgIpc) is 3.32. The van der Waals surface area contributed by atoms with E-state index in [4.69, 9.17) is 33.7 Å². The highest BCUT2D eigenvalue weighted by atomic mass is 35.5. The normalized spacial score (nSPS) is 19.4. The van der Waals surface area contributed by atoms with E-state index in [1.165, 1.54) is 36.4 Å². The molecule has 8 nitrogen and oxygen atoms in total. The number of carboxylic acid groups (broad SMARTS) is 1. The summed E-state index contributed by atoms with van der Waals surface area (Å²) in [6.07, 6.45) is -5.53. The molecule has 0 bridgehead atoms. The number of nitrogens with one attached hydrogen (secondary N) is 1. The Balaban J connectivity index is 1.42. The highest BCUT2D eigenvalue weighted by molar-refractivity contribution is 6.31. The lowest BCUT2D eigenvalue weighted by atomic mass is 9.76. The van der Waals surface area contributed by atoms with Crippen LogP contribution < -0.4 is 20.7 Å². The Hall–Kier alpha value is -3.35. The van der Waals surface area contributed by atoms with Crippen molar-refractivity contribution < 1.29 is 32.2 Å². The van der Waals surface area contributed by atoms with Gasteiger partial charge in [0, 0.05) is 36.3 Å². The van der Waals surface area contributed by atoms with Gasteiger partial charge in [0.1, 0.15) is 17.7 Å². The SMILES string of the molecule is Nc1nc(O[C@H](c2ccc(Cl)cc2-c2ccc(F)c(Cl)c2)C(F)(F)F)cc(N2CCC3(CC2)CN[C@H](C(=O)O)C3)n1. The zero-order valence-electron chi connectivity index (χ0n) is 21.4. The molecule has 2 aliphatic heterocycles. The highest BCUT2D eigenvalue weighted by Crippen LogP contribution is 2.44. The fourth-order valence-electron chi connectivity index (χ4n) is 5.43. The van der Waals surface area contributed by atoms with Crippen molar-refractivity contribution in [3.8, 4) is 17.0 Å². The van der Waals surface area contributed by atoms with Crippen molar-refractivity contribution >= 4 is 40.9 Å². The lowest BCUT2D eigenvalue weighted by molar-refractivity contribution is -0.198. The number of nitrogens with zero attached hydrogens (tertiary/aromatic N) is 3. The summed E-state index contributed by atoms with van der Waals surface area (Å²) >= 11 is 12.0. The van der Waals surface area contributed by atoms with Crippen LogP contribution in [-0.2, 0) is 4.79 Å². The molecule has 2 aliphatic rings. The number of ether oxygens (including phenoxy) is 1. The Labute approximate surface area is 242 Å². The van der Waals surface area contributed by atoms with Gasteiger partial charge in [0.15, 0.2) is 0 Å². The molecule has 0 aliphatic carbocycles. The number of rotatable bonds is 6. The summed E-state index contributed by atoms with van der Waals surface area (Å²) in [6, 6.07) is 8.05. The quantitative estimate of drug-likeness (QED) is 0.295. The van der Waals surface area contributed by atoms with Gasteiger partial charge in [-0.25, -0.2) is 4.39 Å². The van der Waals surface area contributed by atoms with E-state index in [0.717, 1.165) is 6.07 Å². The molecule has 0 radical (unpaired) electrons. The maximum atomic E-state index is 14.5. The molecule has 1 aromatic heterocycles. The molecule has 0 amide bonds. The van der Waals surface area contributed by atoms with Gasteiger partial charge in [0.2, 0.25) is 17.9 Å². The zero-order chi connectivity index (χ0) is 29.5. The minimum atomic E-state index is -4.89. The molecule has 1 spiro atoms. The van der Waals surface area contributed by atoms with Crippen LogP contribution >= 0.6 is 23.2 Å². The Morgan fingerprint density at radius 1 is 1.15 bits per heavy atom. The van der Waals surface area contributed by atoms with Crippen molar-refractivity contribution in [2.45, 2.75) is 37.6 Å². The summed E-state index contributed by atoms with van der Waals surface area (Å²) in [5, 5.41) is 12.3. The number of hydrogen-bond acceptors (Lipinski definition) is 7. The van der Waals surface area contributed by atoms with E-state index in [-0.39, 0.29) is 44.0 Å². The van der Waals surface area contributed by atoms with Crippen LogP contribution in [0.25, 0.3) is 11.1 Å². The predicted octanol–water partition coefficient (Wildman–Crippen LogP) is 5.89. The molecule has 4 N–H and O–H groups in total. The first kappa shape index (κ1) is 29.2. The maximum Gasteiger partial charge on any atom is 0.429 e. The molecule has 218 valence electrons. The fraction of sp³-hybridized carbons (Fsp3) is 0.370. The number of aliphatic carboxylic acids is 1. The molecule has 3 heterocycles. The predicted molar refractivity (Wildman–Crippen MR) is 146 cm³/mol. The maximum absolute atomic E-state index is 14.5. The smallest absolute Gasteiger partial charge is 0.429 e. The van der Waals surface area contributed by atoms with Crippen molar-refractivity contribution in [1.29, 1.82) is 0 Å². The summed E-state index contributed by atoms with van der Waals surface area (Å²) < 4.78 is 62.6. The number of benzene rings is 2. The van der Waals surface area contributed by atoms with Crippen LogP contribution in [0.5, 0.6) is 5.88 Å². The van der Waals surface area contributed by atoms with Crippen LogP contribution in [0.15, 0.2) is 42.5 Å². The Morgan fingerprint density at radius 3 is 2.51 bits per heavy atom. The van der Waals surface area contributed by atoms with Crippen molar-refractivity contribution in [2.75, 3.05) is 30.3 Å². The molecule has 0 unspecified atom stereocenters. The lowest BCUT2D eigenvalue weighted by Crippen LogP contribution is -2.41. The molecule has 3 aromatic rings. The number of halogens is 6. The number of hydrogen-bond donors (Lipinski definition) is 3. The van der Waals surface area contributed by atoms with Crippen LogP contribution in [0.3, 0.4) is 0 Å². The second kappa shape index (κ2) is 11.1. The second-order valence-corrected chi connectivity index (χ2v) is 11.1. The third-order valence-electron chi connectivity index (χ3n) is 7.58. The van der Waals surface area contributed by atoms with E-state index >= 15 is 0 Å². The Bertz CT molecular complexity index is 1470. The summed E-state index contributed by atoms with van der Waals surface area (Å²) in [4.78, 5) is 21.3. The van der Waals surface area contributed by atoms with E-state index in [9.17, 15) is 27.5 Å². The summed E-state index contributed by atoms with van der Waals surface area (Å²) in [7, 11) is 0. The monoisotopic (exact) mass is 613 g/mol. The summed E-state index contributed by atoms with van der Waals surface area (Å²) in [6.45, 7) is 1.58. The van der Waals surface area contributed by atoms with E-state index in [1.807, 2.05) is 4.90 Å². The van der Waals surface area contributed by atoms with E-state index in [2.05, 4.69) is 15.3 Å². The number of alkyl halides is 3. The van der Waals surface area contributed by atoms with Gasteiger partial charge in [-0.05, 0) is 60.1 Å². The van der Waals surface area contributed by atoms with Crippen molar-refractivity contribution in [2.24, 2.45) is 5.41 Å². The zero-order valence-corrected chi connectivity index (χ0v) is 22.9. The first-order chi connectivity index (χ1) is 19.3. The summed E-state index contributed by atoms with van der Waals surface area (Å²) in [5.41, 5.74) is 5.68. The Morgan fingerprint density at radius 2 is 1.88 bits per heavy atom. The Kier molecular flexibility index (Phi) is 7.92. The third-order valence-corrected chi connectivity index (χ3v) is 8.10. The number of piperidine rings is 1. The van der Waals surface area contributed by atoms with Crippen molar-refractivity contribution in [3.05, 3.63) is 63.9 Å². The van der Waals surface area contributed by atoms with Crippen LogP contribution in [0.2, 0.25) is 10.0 Å². The molecular formula is C27H25Cl2F4N5O3. The number of carbonyl (C=O) groups is 1. The molecule has 2 aromatic carbocycles. The van der Waals surface area contributed by atoms with Crippen LogP contribution in [0, 0.1) is 11.2 Å². The van der Waals surface area contributed by atoms with Gasteiger partial charge in [-0.1, -0.05) is 35.3 Å². The van der Waals surface area contributed by atoms with Crippen LogP contribution in [0.4, 0.5) is 29.3 Å². The number of nitrogen functional groups attached to an aromatic ring is 1. The molecule has 0 saturated carbocycles. The lowest BCUT2D eigenvalue weighted by Gasteiger charge is -2.39. The topological polar surface area (TPSA) is 114 Å². The first-order valence-electron chi connectivity index (χ1n) is 12.7. The van der Waals surface area contributed by atoms with Crippen molar-refractivity contribution in [3.63, 3.8) is 0 Å². The molecular weight excluding hydrogens is 589 g/mol. The molecule has 2 atom stereocenters. The fourth-order valence-corrected chi connectivity index (χ4v) is 5.79. The summed E-state index contributed by atoms with van der Waals surface area (Å²) in [5.74, 6) is -1.97. The van der Waals surface area contributed by atoms with E-state index < -0.39 is 30.1 Å². The van der Waals surface area contributed by atoms with Crippen molar-refractivity contribution in [1.82, 2.24) is 15.3 Å². The van der Waals surface area contributed by atoms with Gasteiger partial charge < -0.3 is 25.8 Å². The molecule has 14 heteroatoms. The number of aromatic nitrogens is 2. The third kappa shape index (κ3) is 6.29. The van der Waals surface area contributed by atoms with E-state index in [1.54, 1.807) is 0 Å². The van der Waals surface area contributed by atoms with Crippen LogP contribution in [0.1, 0.15) is 30.9 Å². The number of nitrogens with two attached hydrogens (primary N) is 1. The van der Waals surface area contributed by atoms with Gasteiger partial charge in [-0.2, -0.15) is 23.1 Å². The van der Waals surface area contributed by atoms with Crippen LogP contribution in [-0.4, -0.2) is 52.9 Å². The van der Waals surface area contributed by atoms with Gasteiger partial charge in [0.05, 0.1) is 5.02 Å². The molecule has 5 rings (SSSR count). The standard InChI is InChI=1S/C27H25Cl2F4N5O3/c28-15-2-3-16(17(10-15)14-1-4-19(30)18(29)9-14)23(27(31,32)33)41-22-11-21(36-25(34)37-22)38-7-5-26(6-8-38)12-20(24(39)40)35-13-26/h1-4,9-11,20,23,35H,5-8,12-13H2,(H,39,40)(H2,34,36,37)/t20-,23+/m0/s1. The minimum Gasteiger partial charge on any atom is -0.480 e. The average molecular weight is 614 g/mol. The molecule has 2 fully saturated rings. The van der Waals surface area contributed by atoms with Gasteiger partial charge in [-0.3, -0.25) is 4.79 Å². The second-order valence-electron chi connectivity index (χ2n) is 10.3. The molecule has 41 heavy (non-hydrogen) atoms. The highest BCUT2D eigenvalue weighted by Gasteiger charge is 2.46. The first-order valence-corrected chi connectivity index (χ1v) is 13.4. The minimum absolute atomic E-state index is 0.0511. The number of carboxylic acids is 1. The number of anilines is 2. The largest absolute Gasteiger partial charge is 0.480 e. The molecule has 2 saturated heterocycles. The van der Waals surface area contributed by atoms with Gasteiger partial charge in [0.25, 0.3) is 0 Å². The van der Waals surface area contributed by atoms with Gasteiger partial charge in [-0.15, -0.1) is 0 Å².